The molecule has 2 rings (SSSR count). The Bertz CT molecular complexity index is 319. The third kappa shape index (κ3) is 3.26. The Morgan fingerprint density at radius 1 is 0.950 bits per heavy atom. The van der Waals surface area contributed by atoms with Crippen LogP contribution in [0.2, 0.25) is 0 Å². The first kappa shape index (κ1) is 15.6. The minimum atomic E-state index is -0.651. The monoisotopic (exact) mass is 284 g/mol. The van der Waals surface area contributed by atoms with E-state index in [-0.39, 0.29) is 36.1 Å². The molecule has 0 bridgehead atoms. The Labute approximate surface area is 121 Å². The van der Waals surface area contributed by atoms with Crippen LogP contribution in [0.15, 0.2) is 0 Å². The summed E-state index contributed by atoms with van der Waals surface area (Å²) in [6.07, 6.45) is 6.20. The highest BCUT2D eigenvalue weighted by Gasteiger charge is 2.39. The maximum atomic E-state index is 11.6. The Kier molecular flexibility index (Phi) is 4.59. The SMILES string of the molecule is CC1([C@@H](N)COC(=O)OC[C@H](N)C2(C)CCC2)CCC1. The first-order valence-corrected chi connectivity index (χ1v) is 7.66. The number of hydrogen-bond acceptors (Lipinski definition) is 5. The van der Waals surface area contributed by atoms with Gasteiger partial charge in [-0.2, -0.15) is 0 Å². The standard InChI is InChI=1S/C15H28N2O3/c1-14(5-3-6-14)11(16)9-19-13(18)20-10-12(17)15(2)7-4-8-15/h11-12H,3-10,16-17H2,1-2H3/t11-,12-/m0/s1. The first-order chi connectivity index (χ1) is 9.36. The van der Waals surface area contributed by atoms with Gasteiger partial charge >= 0.3 is 6.16 Å². The van der Waals surface area contributed by atoms with Crippen molar-refractivity contribution >= 4 is 6.16 Å². The normalized spacial score (nSPS) is 25.8. The van der Waals surface area contributed by atoms with Crippen LogP contribution in [0.5, 0.6) is 0 Å². The van der Waals surface area contributed by atoms with Gasteiger partial charge in [-0.3, -0.25) is 0 Å². The van der Waals surface area contributed by atoms with Crippen molar-refractivity contribution in [2.45, 2.75) is 64.5 Å². The molecule has 0 spiro atoms. The number of ether oxygens (including phenoxy) is 2. The Morgan fingerprint density at radius 3 is 1.55 bits per heavy atom. The summed E-state index contributed by atoms with van der Waals surface area (Å²) in [6.45, 7) is 4.73. The van der Waals surface area contributed by atoms with Crippen molar-refractivity contribution in [3.05, 3.63) is 0 Å². The molecule has 2 atom stereocenters. The third-order valence-corrected chi connectivity index (χ3v) is 5.54. The van der Waals surface area contributed by atoms with Crippen LogP contribution in [0.4, 0.5) is 4.79 Å². The fourth-order valence-electron chi connectivity index (χ4n) is 2.97. The highest BCUT2D eigenvalue weighted by Crippen LogP contribution is 2.43. The molecule has 0 radical (unpaired) electrons. The maximum Gasteiger partial charge on any atom is 0.508 e. The zero-order valence-electron chi connectivity index (χ0n) is 12.7. The van der Waals surface area contributed by atoms with Gasteiger partial charge in [-0.15, -0.1) is 0 Å². The molecular weight excluding hydrogens is 256 g/mol. The second-order valence-corrected chi connectivity index (χ2v) is 7.10. The van der Waals surface area contributed by atoms with Crippen molar-refractivity contribution < 1.29 is 14.3 Å². The molecule has 5 heteroatoms. The summed E-state index contributed by atoms with van der Waals surface area (Å²) in [4.78, 5) is 11.6. The van der Waals surface area contributed by atoms with Crippen molar-refractivity contribution in [1.29, 1.82) is 0 Å². The van der Waals surface area contributed by atoms with E-state index in [0.29, 0.717) is 0 Å². The molecule has 116 valence electrons. The van der Waals surface area contributed by atoms with E-state index in [1.54, 1.807) is 0 Å². The number of carbonyl (C=O) groups excluding carboxylic acids is 1. The van der Waals surface area contributed by atoms with E-state index in [2.05, 4.69) is 13.8 Å². The Hall–Kier alpha value is -0.810. The van der Waals surface area contributed by atoms with Gasteiger partial charge in [0.25, 0.3) is 0 Å². The average Bonchev–Trinajstić information content (AvgIpc) is 2.36. The maximum absolute atomic E-state index is 11.6. The van der Waals surface area contributed by atoms with Crippen molar-refractivity contribution in [3.63, 3.8) is 0 Å². The molecule has 4 N–H and O–H groups in total. The van der Waals surface area contributed by atoms with Crippen LogP contribution < -0.4 is 11.5 Å². The predicted molar refractivity (Wildman–Crippen MR) is 77.2 cm³/mol. The summed E-state index contributed by atoms with van der Waals surface area (Å²) in [5.41, 5.74) is 12.4. The van der Waals surface area contributed by atoms with Crippen molar-refractivity contribution in [2.75, 3.05) is 13.2 Å². The predicted octanol–water partition coefficient (Wildman–Crippen LogP) is 2.17. The van der Waals surface area contributed by atoms with Crippen molar-refractivity contribution in [3.8, 4) is 0 Å². The fourth-order valence-corrected chi connectivity index (χ4v) is 2.97. The van der Waals surface area contributed by atoms with Crippen LogP contribution in [-0.2, 0) is 9.47 Å². The third-order valence-electron chi connectivity index (χ3n) is 5.54. The molecule has 2 fully saturated rings. The number of nitrogens with two attached hydrogens (primary N) is 2. The lowest BCUT2D eigenvalue weighted by molar-refractivity contribution is 0.00554. The van der Waals surface area contributed by atoms with Crippen LogP contribution in [0, 0.1) is 10.8 Å². The van der Waals surface area contributed by atoms with Gasteiger partial charge < -0.3 is 20.9 Å². The van der Waals surface area contributed by atoms with E-state index in [0.717, 1.165) is 25.7 Å². The van der Waals surface area contributed by atoms with E-state index < -0.39 is 6.16 Å². The summed E-state index contributed by atoms with van der Waals surface area (Å²) in [7, 11) is 0. The van der Waals surface area contributed by atoms with E-state index in [1.165, 1.54) is 12.8 Å². The van der Waals surface area contributed by atoms with Gasteiger partial charge in [-0.1, -0.05) is 26.7 Å². The van der Waals surface area contributed by atoms with Gasteiger partial charge in [0.15, 0.2) is 0 Å². The second-order valence-electron chi connectivity index (χ2n) is 7.10. The van der Waals surface area contributed by atoms with Crippen LogP contribution in [0.3, 0.4) is 0 Å². The van der Waals surface area contributed by atoms with Crippen molar-refractivity contribution in [2.24, 2.45) is 22.3 Å². The topological polar surface area (TPSA) is 87.6 Å². The molecule has 2 saturated carbocycles. The van der Waals surface area contributed by atoms with Gasteiger partial charge in [0, 0.05) is 12.1 Å². The molecule has 20 heavy (non-hydrogen) atoms. The molecule has 2 aliphatic rings. The van der Waals surface area contributed by atoms with Crippen LogP contribution in [-0.4, -0.2) is 31.5 Å². The van der Waals surface area contributed by atoms with Gasteiger partial charge in [0.05, 0.1) is 0 Å². The van der Waals surface area contributed by atoms with Crippen LogP contribution in [0.1, 0.15) is 52.4 Å². The lowest BCUT2D eigenvalue weighted by Crippen LogP contribution is -2.48. The largest absolute Gasteiger partial charge is 0.508 e. The number of hydrogen-bond donors (Lipinski definition) is 2. The molecule has 0 saturated heterocycles. The lowest BCUT2D eigenvalue weighted by Gasteiger charge is -2.43. The quantitative estimate of drug-likeness (QED) is 0.730. The molecular formula is C15H28N2O3. The van der Waals surface area contributed by atoms with Gasteiger partial charge in [-0.25, -0.2) is 4.79 Å². The molecule has 0 aromatic heterocycles. The second kappa shape index (κ2) is 5.90. The van der Waals surface area contributed by atoms with Gasteiger partial charge in [-0.05, 0) is 36.5 Å². The zero-order valence-corrected chi connectivity index (χ0v) is 12.7. The van der Waals surface area contributed by atoms with Gasteiger partial charge in [0.2, 0.25) is 0 Å². The van der Waals surface area contributed by atoms with Gasteiger partial charge in [0.1, 0.15) is 13.2 Å². The summed E-state index contributed by atoms with van der Waals surface area (Å²) in [5, 5.41) is 0. The van der Waals surface area contributed by atoms with Crippen LogP contribution >= 0.6 is 0 Å². The molecule has 5 nitrogen and oxygen atoms in total. The molecule has 2 aliphatic carbocycles. The summed E-state index contributed by atoms with van der Waals surface area (Å²) >= 11 is 0. The minimum absolute atomic E-state index is 0.110. The molecule has 0 aromatic carbocycles. The van der Waals surface area contributed by atoms with E-state index in [1.807, 2.05) is 0 Å². The number of carbonyl (C=O) groups is 1. The Morgan fingerprint density at radius 2 is 1.30 bits per heavy atom. The summed E-state index contributed by atoms with van der Waals surface area (Å²) in [5.74, 6) is 0. The lowest BCUT2D eigenvalue weighted by atomic mass is 9.66. The highest BCUT2D eigenvalue weighted by atomic mass is 16.7. The zero-order chi connectivity index (χ0) is 14.8. The summed E-state index contributed by atoms with van der Waals surface area (Å²) < 4.78 is 10.2. The fraction of sp³-hybridized carbons (Fsp3) is 0.933. The average molecular weight is 284 g/mol. The van der Waals surface area contributed by atoms with E-state index in [4.69, 9.17) is 20.9 Å². The van der Waals surface area contributed by atoms with E-state index in [9.17, 15) is 4.79 Å². The molecule has 0 heterocycles. The molecule has 0 aromatic rings. The molecule has 0 unspecified atom stereocenters. The smallest absolute Gasteiger partial charge is 0.433 e. The highest BCUT2D eigenvalue weighted by molar-refractivity contribution is 5.59. The first-order valence-electron chi connectivity index (χ1n) is 7.66. The molecule has 0 amide bonds. The van der Waals surface area contributed by atoms with E-state index >= 15 is 0 Å². The minimum Gasteiger partial charge on any atom is -0.433 e. The van der Waals surface area contributed by atoms with Crippen LogP contribution in [0.25, 0.3) is 0 Å². The van der Waals surface area contributed by atoms with Crippen molar-refractivity contribution in [1.82, 2.24) is 0 Å². The molecule has 0 aliphatic heterocycles. The Balaban J connectivity index is 1.63. The summed E-state index contributed by atoms with van der Waals surface area (Å²) in [6, 6.07) is -0.219. The number of rotatable bonds is 6.